The fourth-order valence-corrected chi connectivity index (χ4v) is 8.81. The van der Waals surface area contributed by atoms with Crippen molar-refractivity contribution >= 4 is 11.9 Å². The zero-order valence-corrected chi connectivity index (χ0v) is 43.0. The van der Waals surface area contributed by atoms with Gasteiger partial charge in [-0.2, -0.15) is 0 Å². The maximum Gasteiger partial charge on any atom is 0.305 e. The molecule has 0 radical (unpaired) electrons. The summed E-state index contributed by atoms with van der Waals surface area (Å²) in [5, 5.41) is 23.2. The largest absolute Gasteiger partial charge is 0.466 e. The lowest BCUT2D eigenvalue weighted by Gasteiger charge is -2.22. The summed E-state index contributed by atoms with van der Waals surface area (Å²) in [6.07, 6.45) is 64.5. The third-order valence-electron chi connectivity index (χ3n) is 13.2. The third-order valence-corrected chi connectivity index (χ3v) is 13.2. The molecule has 0 spiro atoms. The first-order valence-electron chi connectivity index (χ1n) is 28.6. The minimum Gasteiger partial charge on any atom is -0.466 e. The van der Waals surface area contributed by atoms with Crippen molar-refractivity contribution < 1.29 is 24.5 Å². The smallest absolute Gasteiger partial charge is 0.305 e. The Morgan fingerprint density at radius 1 is 0.422 bits per heavy atom. The van der Waals surface area contributed by atoms with Gasteiger partial charge in [0.15, 0.2) is 0 Å². The van der Waals surface area contributed by atoms with Crippen molar-refractivity contribution in [1.29, 1.82) is 0 Å². The lowest BCUT2D eigenvalue weighted by Crippen LogP contribution is -2.45. The van der Waals surface area contributed by atoms with E-state index in [1.165, 1.54) is 231 Å². The number of carbonyl (C=O) groups is 2. The second-order valence-corrected chi connectivity index (χ2v) is 19.6. The quantitative estimate of drug-likeness (QED) is 0.0321. The number of rotatable bonds is 53. The molecule has 2 unspecified atom stereocenters. The molecule has 0 aliphatic rings. The predicted molar refractivity (Wildman–Crippen MR) is 278 cm³/mol. The topological polar surface area (TPSA) is 95.9 Å². The zero-order chi connectivity index (χ0) is 46.5. The van der Waals surface area contributed by atoms with Crippen molar-refractivity contribution in [3.05, 3.63) is 24.3 Å². The Bertz CT molecular complexity index is 997. The Hall–Kier alpha value is -1.66. The number of ether oxygens (including phenoxy) is 1. The molecule has 0 fully saturated rings. The highest BCUT2D eigenvalue weighted by atomic mass is 16.5. The van der Waals surface area contributed by atoms with Crippen LogP contribution in [0.5, 0.6) is 0 Å². The maximum atomic E-state index is 12.4. The molecule has 0 rings (SSSR count). The fraction of sp³-hybridized carbons (Fsp3) is 0.897. The van der Waals surface area contributed by atoms with E-state index in [-0.39, 0.29) is 18.5 Å². The van der Waals surface area contributed by atoms with E-state index in [1.54, 1.807) is 0 Å². The molecule has 0 saturated heterocycles. The molecule has 0 aromatic carbocycles. The predicted octanol–water partition coefficient (Wildman–Crippen LogP) is 17.5. The summed E-state index contributed by atoms with van der Waals surface area (Å²) in [6, 6.07) is -0.546. The number of carbonyl (C=O) groups excluding carboxylic acids is 2. The van der Waals surface area contributed by atoms with E-state index >= 15 is 0 Å². The molecule has 2 atom stereocenters. The number of amides is 1. The lowest BCUT2D eigenvalue weighted by molar-refractivity contribution is -0.143. The van der Waals surface area contributed by atoms with Crippen LogP contribution in [0.15, 0.2) is 24.3 Å². The highest BCUT2D eigenvalue weighted by molar-refractivity contribution is 5.76. The molecule has 6 nitrogen and oxygen atoms in total. The number of hydrogen-bond donors (Lipinski definition) is 3. The van der Waals surface area contributed by atoms with Gasteiger partial charge < -0.3 is 20.3 Å². The van der Waals surface area contributed by atoms with E-state index in [2.05, 4.69) is 43.5 Å². The van der Waals surface area contributed by atoms with Crippen LogP contribution in [0.3, 0.4) is 0 Å². The Morgan fingerprint density at radius 3 is 1.11 bits per heavy atom. The minimum atomic E-state index is -0.668. The second kappa shape index (κ2) is 54.0. The van der Waals surface area contributed by atoms with Crippen molar-refractivity contribution in [2.45, 2.75) is 321 Å². The first kappa shape index (κ1) is 62.3. The monoisotopic (exact) mass is 902 g/mol. The van der Waals surface area contributed by atoms with E-state index in [0.29, 0.717) is 25.9 Å². The Labute approximate surface area is 399 Å². The van der Waals surface area contributed by atoms with Gasteiger partial charge in [0, 0.05) is 12.8 Å². The second-order valence-electron chi connectivity index (χ2n) is 19.6. The standard InChI is InChI=1S/C58H111NO5/c1-3-5-7-9-11-13-15-17-28-32-36-40-44-48-52-58(63)64-53-49-45-41-37-33-29-26-24-22-20-18-19-21-23-25-27-31-35-39-43-47-51-57(62)59-55(54-60)56(61)50-46-42-38-34-30-16-14-12-10-8-6-4-2/h15,17,19,21,55-56,60-61H,3-14,16,18,20,22-54H2,1-2H3,(H,59,62)/b17-15-,21-19-. The van der Waals surface area contributed by atoms with Gasteiger partial charge in [0.25, 0.3) is 0 Å². The van der Waals surface area contributed by atoms with Crippen molar-refractivity contribution in [3.63, 3.8) is 0 Å². The molecule has 3 N–H and O–H groups in total. The molecule has 0 aliphatic carbocycles. The highest BCUT2D eigenvalue weighted by Crippen LogP contribution is 2.16. The normalized spacial score (nSPS) is 12.8. The summed E-state index contributed by atoms with van der Waals surface area (Å²) >= 11 is 0. The molecule has 6 heteroatoms. The fourth-order valence-electron chi connectivity index (χ4n) is 8.81. The van der Waals surface area contributed by atoms with Crippen LogP contribution in [-0.4, -0.2) is 47.4 Å². The number of aliphatic hydroxyl groups is 2. The van der Waals surface area contributed by atoms with E-state index in [1.807, 2.05) is 0 Å². The molecular weight excluding hydrogens is 791 g/mol. The van der Waals surface area contributed by atoms with Crippen molar-refractivity contribution in [2.24, 2.45) is 0 Å². The van der Waals surface area contributed by atoms with Crippen LogP contribution in [0.4, 0.5) is 0 Å². The van der Waals surface area contributed by atoms with Gasteiger partial charge in [-0.05, 0) is 77.0 Å². The first-order valence-corrected chi connectivity index (χ1v) is 28.6. The minimum absolute atomic E-state index is 0.000345. The summed E-state index contributed by atoms with van der Waals surface area (Å²) in [7, 11) is 0. The van der Waals surface area contributed by atoms with Gasteiger partial charge >= 0.3 is 5.97 Å². The molecule has 0 aliphatic heterocycles. The van der Waals surface area contributed by atoms with Crippen molar-refractivity contribution in [2.75, 3.05) is 13.2 Å². The number of nitrogens with one attached hydrogen (secondary N) is 1. The Morgan fingerprint density at radius 2 is 0.734 bits per heavy atom. The average Bonchev–Trinajstić information content (AvgIpc) is 3.29. The van der Waals surface area contributed by atoms with Gasteiger partial charge in [0.05, 0.1) is 25.4 Å². The van der Waals surface area contributed by atoms with Crippen molar-refractivity contribution in [1.82, 2.24) is 5.32 Å². The molecule has 0 heterocycles. The summed E-state index contributed by atoms with van der Waals surface area (Å²) < 4.78 is 5.47. The summed E-state index contributed by atoms with van der Waals surface area (Å²) in [4.78, 5) is 24.5. The molecule has 1 amide bonds. The van der Waals surface area contributed by atoms with E-state index < -0.39 is 12.1 Å². The number of allylic oxidation sites excluding steroid dienone is 4. The molecule has 0 saturated carbocycles. The lowest BCUT2D eigenvalue weighted by atomic mass is 10.0. The molecule has 378 valence electrons. The summed E-state index contributed by atoms with van der Waals surface area (Å²) in [5.74, 6) is -0.0433. The molecular formula is C58H111NO5. The zero-order valence-electron chi connectivity index (χ0n) is 43.0. The number of unbranched alkanes of at least 4 members (excludes halogenated alkanes) is 38. The first-order chi connectivity index (χ1) is 31.5. The summed E-state index contributed by atoms with van der Waals surface area (Å²) in [6.45, 7) is 4.93. The average molecular weight is 903 g/mol. The van der Waals surface area contributed by atoms with Crippen LogP contribution in [-0.2, 0) is 14.3 Å². The van der Waals surface area contributed by atoms with Crippen LogP contribution in [0, 0.1) is 0 Å². The van der Waals surface area contributed by atoms with Gasteiger partial charge in [-0.25, -0.2) is 0 Å². The van der Waals surface area contributed by atoms with Crippen LogP contribution in [0.2, 0.25) is 0 Å². The molecule has 0 bridgehead atoms. The van der Waals surface area contributed by atoms with Crippen LogP contribution < -0.4 is 5.32 Å². The molecule has 0 aromatic rings. The molecule has 0 aromatic heterocycles. The van der Waals surface area contributed by atoms with E-state index in [0.717, 1.165) is 44.9 Å². The van der Waals surface area contributed by atoms with Gasteiger partial charge in [-0.3, -0.25) is 9.59 Å². The van der Waals surface area contributed by atoms with Crippen molar-refractivity contribution in [3.8, 4) is 0 Å². The van der Waals surface area contributed by atoms with Crippen LogP contribution in [0.1, 0.15) is 309 Å². The van der Waals surface area contributed by atoms with Gasteiger partial charge in [-0.15, -0.1) is 0 Å². The van der Waals surface area contributed by atoms with Gasteiger partial charge in [0.1, 0.15) is 0 Å². The van der Waals surface area contributed by atoms with Crippen LogP contribution >= 0.6 is 0 Å². The Balaban J connectivity index is 3.41. The summed E-state index contributed by atoms with van der Waals surface area (Å²) in [5.41, 5.74) is 0. The number of esters is 1. The van der Waals surface area contributed by atoms with E-state index in [4.69, 9.17) is 4.74 Å². The van der Waals surface area contributed by atoms with Gasteiger partial charge in [0.2, 0.25) is 5.91 Å². The van der Waals surface area contributed by atoms with Gasteiger partial charge in [-0.1, -0.05) is 244 Å². The van der Waals surface area contributed by atoms with E-state index in [9.17, 15) is 19.8 Å². The Kier molecular flexibility index (Phi) is 52.6. The highest BCUT2D eigenvalue weighted by Gasteiger charge is 2.20. The third kappa shape index (κ3) is 49.8. The van der Waals surface area contributed by atoms with Crippen LogP contribution in [0.25, 0.3) is 0 Å². The number of hydrogen-bond acceptors (Lipinski definition) is 5. The SMILES string of the molecule is CCCCCCC/C=C\CCCCCCCC(=O)OCCCCCCCCCCCC/C=C\CCCCCCCCCC(=O)NC(CO)C(O)CCCCCCCCCCCCCC. The maximum absolute atomic E-state index is 12.4. The number of aliphatic hydroxyl groups excluding tert-OH is 2. The molecule has 64 heavy (non-hydrogen) atoms.